The summed E-state index contributed by atoms with van der Waals surface area (Å²) in [6.45, 7) is 0. The molecule has 0 nitrogen and oxygen atoms in total. The predicted molar refractivity (Wildman–Crippen MR) is 2.22 cm³/mol. The molecule has 0 saturated heterocycles. The third-order valence-corrected chi connectivity index (χ3v) is 0. The van der Waals surface area contributed by atoms with Crippen LogP contribution in [0.2, 0.25) is 0 Å². The van der Waals surface area contributed by atoms with Crippen LogP contribution in [0.5, 0.6) is 0 Å². The fraction of sp³-hybridized carbons (Fsp3) is 0. The van der Waals surface area contributed by atoms with Gasteiger partial charge in [-0.1, -0.05) is 0 Å². The molecular formula is Au2F2. The molecule has 0 aromatic carbocycles. The normalized spacial score (nSPS) is 3.50. The van der Waals surface area contributed by atoms with E-state index in [9.17, 15) is 6.05 Å². The molecular weight excluding hydrogens is 432 g/mol. The third kappa shape index (κ3) is 10.2. The topological polar surface area (TPSA) is 0 Å². The van der Waals surface area contributed by atoms with Crippen molar-refractivity contribution >= 4 is 0 Å². The molecule has 0 bridgehead atoms. The molecule has 0 aromatic heterocycles. The van der Waals surface area contributed by atoms with Gasteiger partial charge >= 0.3 is 49.3 Å². The summed E-state index contributed by atoms with van der Waals surface area (Å²) in [7, 11) is 0. The van der Waals surface area contributed by atoms with Crippen LogP contribution < -0.4 is 0 Å². The first-order chi connectivity index (χ1) is 2.00. The Morgan fingerprint density at radius 2 is 0.750 bits per heavy atom. The third-order valence-electron chi connectivity index (χ3n) is 0. The zero-order valence-electron chi connectivity index (χ0n) is 1.36. The molecule has 4 heteroatoms. The Hall–Kier alpha value is 1.34. The van der Waals surface area contributed by atoms with E-state index in [2.05, 4.69) is 0 Å². The summed E-state index contributed by atoms with van der Waals surface area (Å²) in [5.41, 5.74) is 0. The molecule has 0 aliphatic rings. The summed E-state index contributed by atoms with van der Waals surface area (Å²) in [6, 6.07) is 0. The average Bonchev–Trinajstić information content (AvgIpc) is 1.50. The summed E-state index contributed by atoms with van der Waals surface area (Å²) in [5.74, 6) is 0. The fourth-order valence-electron chi connectivity index (χ4n) is 0. The first-order valence-corrected chi connectivity index (χ1v) is 1.87. The first-order valence-electron chi connectivity index (χ1n) is 0.228. The van der Waals surface area contributed by atoms with Crippen LogP contribution in [0.15, 0.2) is 0 Å². The molecule has 0 spiro atoms. The molecule has 0 aromatic rings. The van der Waals surface area contributed by atoms with Crippen molar-refractivity contribution in [3.63, 3.8) is 0 Å². The first kappa shape index (κ1) is 9.02. The van der Waals surface area contributed by atoms with E-state index in [1.54, 1.807) is 0 Å². The van der Waals surface area contributed by atoms with Crippen molar-refractivity contribution in [1.29, 1.82) is 0 Å². The van der Waals surface area contributed by atoms with Crippen molar-refractivity contribution in [3.05, 3.63) is 0 Å². The van der Waals surface area contributed by atoms with Crippen LogP contribution in [-0.2, 0) is 43.2 Å². The molecule has 0 rings (SSSR count). The zero-order chi connectivity index (χ0) is 4.00. The second-order valence-electron chi connectivity index (χ2n) is 0. The molecule has 0 aliphatic heterocycles. The van der Waals surface area contributed by atoms with Crippen molar-refractivity contribution < 1.29 is 49.3 Å². The van der Waals surface area contributed by atoms with Gasteiger partial charge in [0, 0.05) is 0 Å². The van der Waals surface area contributed by atoms with Gasteiger partial charge in [0.25, 0.3) is 0 Å². The van der Waals surface area contributed by atoms with E-state index in [0.717, 1.165) is 43.2 Å². The van der Waals surface area contributed by atoms with E-state index < -0.39 is 0 Å². The monoisotopic (exact) mass is 432 g/mol. The molecule has 0 atom stereocenters. The summed E-state index contributed by atoms with van der Waals surface area (Å²) >= 11 is 1.56. The second-order valence-corrected chi connectivity index (χ2v) is 0. The minimum atomic E-state index is 0.778. The standard InChI is InChI=1S/2Au.2FH/h;;2*1H/q2*+1;;/p-2. The molecule has 0 amide bonds. The Bertz CT molecular complexity index is 4.00. The molecule has 0 heterocycles. The van der Waals surface area contributed by atoms with Crippen molar-refractivity contribution in [3.8, 4) is 0 Å². The van der Waals surface area contributed by atoms with Gasteiger partial charge in [0.2, 0.25) is 0 Å². The van der Waals surface area contributed by atoms with E-state index in [1.807, 2.05) is 0 Å². The number of rotatable bonds is 0. The quantitative estimate of drug-likeness (QED) is 0.499. The van der Waals surface area contributed by atoms with Crippen molar-refractivity contribution in [2.45, 2.75) is 0 Å². The van der Waals surface area contributed by atoms with Crippen LogP contribution in [0.25, 0.3) is 0 Å². The van der Waals surface area contributed by atoms with Crippen LogP contribution in [0.3, 0.4) is 0 Å². The molecule has 0 N–H and O–H groups in total. The Balaban J connectivity index is 0. The Kier molecular flexibility index (Phi) is 60.8. The van der Waals surface area contributed by atoms with Gasteiger partial charge in [0.15, 0.2) is 0 Å². The van der Waals surface area contributed by atoms with Gasteiger partial charge in [-0.15, -0.1) is 0 Å². The van der Waals surface area contributed by atoms with Gasteiger partial charge in [-0.25, -0.2) is 0 Å². The number of hydrogen-bond donors (Lipinski definition) is 0. The van der Waals surface area contributed by atoms with Crippen LogP contribution in [0, 0.1) is 0 Å². The van der Waals surface area contributed by atoms with Crippen LogP contribution in [0.4, 0.5) is 6.05 Å². The molecule has 0 aliphatic carbocycles. The number of halogens is 2. The molecule has 36 valence electrons. The van der Waals surface area contributed by atoms with Gasteiger partial charge in [0.1, 0.15) is 0 Å². The Morgan fingerprint density at radius 3 is 0.750 bits per heavy atom. The molecule has 0 radical (unpaired) electrons. The number of hydrogen-bond acceptors (Lipinski definition) is 0. The van der Waals surface area contributed by atoms with Gasteiger partial charge in [-0.3, -0.25) is 0 Å². The Labute approximate surface area is 49.2 Å². The predicted octanol–water partition coefficient (Wildman–Crippen LogP) is 0.835. The average molecular weight is 432 g/mol. The van der Waals surface area contributed by atoms with Gasteiger partial charge in [-0.2, -0.15) is 0 Å². The molecule has 0 unspecified atom stereocenters. The second kappa shape index (κ2) is 27.0. The van der Waals surface area contributed by atoms with E-state index in [0.29, 0.717) is 0 Å². The fourth-order valence-corrected chi connectivity index (χ4v) is 0. The maximum absolute atomic E-state index is 9.44. The van der Waals surface area contributed by atoms with E-state index in [4.69, 9.17) is 0 Å². The molecule has 0 saturated carbocycles. The van der Waals surface area contributed by atoms with Crippen LogP contribution in [0.1, 0.15) is 0 Å². The summed E-state index contributed by atoms with van der Waals surface area (Å²) < 4.78 is 18.9. The van der Waals surface area contributed by atoms with Crippen molar-refractivity contribution in [2.24, 2.45) is 0 Å². The van der Waals surface area contributed by atoms with E-state index in [1.165, 1.54) is 0 Å². The zero-order valence-corrected chi connectivity index (χ0v) is 5.69. The van der Waals surface area contributed by atoms with Crippen LogP contribution >= 0.6 is 0 Å². The minimum absolute atomic E-state index is 0.778. The maximum atomic E-state index is 9.44. The SMILES string of the molecule is [F][Au].[F][Au]. The molecule has 0 fully saturated rings. The van der Waals surface area contributed by atoms with Gasteiger partial charge < -0.3 is 0 Å². The van der Waals surface area contributed by atoms with Crippen molar-refractivity contribution in [2.75, 3.05) is 0 Å². The van der Waals surface area contributed by atoms with E-state index in [-0.39, 0.29) is 0 Å². The Morgan fingerprint density at radius 1 is 0.750 bits per heavy atom. The summed E-state index contributed by atoms with van der Waals surface area (Å²) in [5, 5.41) is 0. The van der Waals surface area contributed by atoms with Crippen LogP contribution in [-0.4, -0.2) is 0 Å². The van der Waals surface area contributed by atoms with Gasteiger partial charge in [-0.05, 0) is 0 Å². The summed E-state index contributed by atoms with van der Waals surface area (Å²) in [6.07, 6.45) is 0. The van der Waals surface area contributed by atoms with Gasteiger partial charge in [0.05, 0.1) is 0 Å². The molecule has 4 heavy (non-hydrogen) atoms. The van der Waals surface area contributed by atoms with E-state index >= 15 is 0 Å². The summed E-state index contributed by atoms with van der Waals surface area (Å²) in [4.78, 5) is 0. The van der Waals surface area contributed by atoms with Crippen molar-refractivity contribution in [1.82, 2.24) is 0 Å².